The maximum atomic E-state index is 12.6. The van der Waals surface area contributed by atoms with Gasteiger partial charge in [0, 0.05) is 16.4 Å². The van der Waals surface area contributed by atoms with Crippen molar-refractivity contribution in [1.82, 2.24) is 0 Å². The van der Waals surface area contributed by atoms with Crippen LogP contribution in [0.5, 0.6) is 0 Å². The predicted molar refractivity (Wildman–Crippen MR) is 69.3 cm³/mol. The van der Waals surface area contributed by atoms with E-state index in [1.807, 2.05) is 0 Å². The number of Topliss-reactive ketones (excluding diaryl/α,β-unsaturated/α-hetero) is 1. The van der Waals surface area contributed by atoms with Crippen molar-refractivity contribution in [3.63, 3.8) is 0 Å². The van der Waals surface area contributed by atoms with Gasteiger partial charge in [-0.3, -0.25) is 4.79 Å². The molecule has 3 aliphatic rings. The highest BCUT2D eigenvalue weighted by Gasteiger charge is 2.69. The van der Waals surface area contributed by atoms with E-state index in [-0.39, 0.29) is 5.57 Å². The van der Waals surface area contributed by atoms with Crippen molar-refractivity contribution < 1.29 is 20.1 Å². The minimum atomic E-state index is -1.52. The van der Waals surface area contributed by atoms with Gasteiger partial charge in [0.2, 0.25) is 0 Å². The highest BCUT2D eigenvalue weighted by molar-refractivity contribution is 6.07. The minimum absolute atomic E-state index is 0.157. The Kier molecular flexibility index (Phi) is 2.19. The SMILES string of the molecule is C=C1C2=C(C(=O)[C@@](C)(O)C13CC3)[C@H](O)C(C)(C)[C@@H]2O. The summed E-state index contributed by atoms with van der Waals surface area (Å²) in [6, 6.07) is 0. The Morgan fingerprint density at radius 3 is 2.05 bits per heavy atom. The number of carbonyl (C=O) groups excluding carboxylic acids is 1. The van der Waals surface area contributed by atoms with Gasteiger partial charge >= 0.3 is 0 Å². The van der Waals surface area contributed by atoms with Gasteiger partial charge < -0.3 is 15.3 Å². The number of hydrogen-bond acceptors (Lipinski definition) is 4. The third-order valence-electron chi connectivity index (χ3n) is 5.52. The van der Waals surface area contributed by atoms with E-state index < -0.39 is 34.4 Å². The third kappa shape index (κ3) is 1.18. The lowest BCUT2D eigenvalue weighted by atomic mass is 9.67. The molecule has 3 atom stereocenters. The fourth-order valence-electron chi connectivity index (χ4n) is 3.71. The molecule has 1 saturated carbocycles. The number of rotatable bonds is 0. The van der Waals surface area contributed by atoms with Gasteiger partial charge in [0.1, 0.15) is 5.60 Å². The van der Waals surface area contributed by atoms with Crippen molar-refractivity contribution in [2.24, 2.45) is 10.8 Å². The minimum Gasteiger partial charge on any atom is -0.388 e. The molecule has 0 amide bonds. The standard InChI is InChI=1S/C15H20O4/c1-7-8-9(11(17)13(2,3)10(8)16)12(18)14(4,19)15(7)5-6-15/h10-11,16-17,19H,1,5-6H2,2-4H3/t10-,11+,14-/m1/s1. The largest absolute Gasteiger partial charge is 0.388 e. The van der Waals surface area contributed by atoms with Crippen molar-refractivity contribution in [3.8, 4) is 0 Å². The monoisotopic (exact) mass is 264 g/mol. The van der Waals surface area contributed by atoms with E-state index in [9.17, 15) is 20.1 Å². The van der Waals surface area contributed by atoms with Crippen LogP contribution in [0.1, 0.15) is 33.6 Å². The molecule has 3 N–H and O–H groups in total. The molecular weight excluding hydrogens is 244 g/mol. The number of aliphatic hydroxyl groups excluding tert-OH is 2. The zero-order valence-electron chi connectivity index (χ0n) is 11.5. The van der Waals surface area contributed by atoms with Gasteiger partial charge in [-0.1, -0.05) is 20.4 Å². The first-order valence-electron chi connectivity index (χ1n) is 6.66. The van der Waals surface area contributed by atoms with Crippen molar-refractivity contribution in [2.45, 2.75) is 51.4 Å². The molecule has 0 aliphatic heterocycles. The zero-order valence-corrected chi connectivity index (χ0v) is 11.5. The molecule has 3 rings (SSSR count). The quantitative estimate of drug-likeness (QED) is 0.602. The summed E-state index contributed by atoms with van der Waals surface area (Å²) >= 11 is 0. The van der Waals surface area contributed by atoms with E-state index in [0.29, 0.717) is 24.0 Å². The zero-order chi connectivity index (χ0) is 14.4. The lowest BCUT2D eigenvalue weighted by molar-refractivity contribution is -0.139. The van der Waals surface area contributed by atoms with Gasteiger partial charge in [-0.15, -0.1) is 0 Å². The van der Waals surface area contributed by atoms with Crippen LogP contribution in [-0.4, -0.2) is 38.9 Å². The van der Waals surface area contributed by atoms with Gasteiger partial charge in [-0.2, -0.15) is 0 Å². The summed E-state index contributed by atoms with van der Waals surface area (Å²) in [5, 5.41) is 31.4. The number of hydrogen-bond donors (Lipinski definition) is 3. The lowest BCUT2D eigenvalue weighted by Crippen LogP contribution is -2.50. The maximum Gasteiger partial charge on any atom is 0.193 e. The second-order valence-electron chi connectivity index (χ2n) is 6.92. The summed E-state index contributed by atoms with van der Waals surface area (Å²) < 4.78 is 0. The first-order chi connectivity index (χ1) is 8.59. The molecule has 1 spiro atoms. The molecule has 3 aliphatic carbocycles. The van der Waals surface area contributed by atoms with E-state index in [4.69, 9.17) is 0 Å². The Labute approximate surface area is 112 Å². The van der Waals surface area contributed by atoms with Crippen molar-refractivity contribution in [2.75, 3.05) is 0 Å². The second-order valence-corrected chi connectivity index (χ2v) is 6.92. The first kappa shape index (κ1) is 13.0. The summed E-state index contributed by atoms with van der Waals surface area (Å²) in [4.78, 5) is 12.6. The van der Waals surface area contributed by atoms with Crippen molar-refractivity contribution >= 4 is 5.78 Å². The molecule has 0 radical (unpaired) electrons. The number of carbonyl (C=O) groups is 1. The van der Waals surface area contributed by atoms with Crippen LogP contribution in [0.25, 0.3) is 0 Å². The molecule has 0 aromatic heterocycles. The van der Waals surface area contributed by atoms with Crippen LogP contribution in [0.15, 0.2) is 23.3 Å². The van der Waals surface area contributed by atoms with Gasteiger partial charge in [0.25, 0.3) is 0 Å². The fourth-order valence-corrected chi connectivity index (χ4v) is 3.71. The lowest BCUT2D eigenvalue weighted by Gasteiger charge is -2.39. The van der Waals surface area contributed by atoms with Crippen LogP contribution in [0.3, 0.4) is 0 Å². The average molecular weight is 264 g/mol. The number of aliphatic hydroxyl groups is 3. The molecule has 0 aromatic rings. The average Bonchev–Trinajstić information content (AvgIpc) is 3.09. The third-order valence-corrected chi connectivity index (χ3v) is 5.52. The normalized spacial score (nSPS) is 42.8. The molecule has 0 bridgehead atoms. The molecule has 0 aromatic carbocycles. The van der Waals surface area contributed by atoms with Crippen molar-refractivity contribution in [1.29, 1.82) is 0 Å². The first-order valence-corrected chi connectivity index (χ1v) is 6.66. The summed E-state index contributed by atoms with van der Waals surface area (Å²) in [7, 11) is 0. The van der Waals surface area contributed by atoms with E-state index in [2.05, 4.69) is 6.58 Å². The Balaban J connectivity index is 2.23. The molecule has 4 nitrogen and oxygen atoms in total. The van der Waals surface area contributed by atoms with Crippen molar-refractivity contribution in [3.05, 3.63) is 23.3 Å². The van der Waals surface area contributed by atoms with Crippen LogP contribution >= 0.6 is 0 Å². The Hall–Kier alpha value is -0.970. The van der Waals surface area contributed by atoms with Crippen LogP contribution < -0.4 is 0 Å². The topological polar surface area (TPSA) is 77.8 Å². The van der Waals surface area contributed by atoms with E-state index in [1.165, 1.54) is 6.92 Å². The summed E-state index contributed by atoms with van der Waals surface area (Å²) in [6.07, 6.45) is -0.582. The van der Waals surface area contributed by atoms with Crippen LogP contribution in [0.2, 0.25) is 0 Å². The van der Waals surface area contributed by atoms with E-state index in [0.717, 1.165) is 0 Å². The summed E-state index contributed by atoms with van der Waals surface area (Å²) in [5.41, 5.74) is -1.74. The Morgan fingerprint density at radius 2 is 1.58 bits per heavy atom. The molecule has 1 fully saturated rings. The molecule has 0 heterocycles. The summed E-state index contributed by atoms with van der Waals surface area (Å²) in [6.45, 7) is 8.95. The van der Waals surface area contributed by atoms with Gasteiger partial charge in [0.05, 0.1) is 12.2 Å². The molecule has 19 heavy (non-hydrogen) atoms. The highest BCUT2D eigenvalue weighted by Crippen LogP contribution is 2.66. The molecule has 104 valence electrons. The van der Waals surface area contributed by atoms with Gasteiger partial charge in [-0.25, -0.2) is 0 Å². The van der Waals surface area contributed by atoms with Crippen LogP contribution in [0.4, 0.5) is 0 Å². The smallest absolute Gasteiger partial charge is 0.193 e. The summed E-state index contributed by atoms with van der Waals surface area (Å²) in [5.74, 6) is -0.454. The van der Waals surface area contributed by atoms with Gasteiger partial charge in [0.15, 0.2) is 5.78 Å². The predicted octanol–water partition coefficient (Wildman–Crippen LogP) is 0.715. The van der Waals surface area contributed by atoms with Crippen LogP contribution in [-0.2, 0) is 4.79 Å². The Bertz CT molecular complexity index is 500. The molecule has 4 heteroatoms. The fraction of sp³-hybridized carbons (Fsp3) is 0.667. The second kappa shape index (κ2) is 3.19. The molecular formula is C15H20O4. The van der Waals surface area contributed by atoms with Crippen LogP contribution in [0, 0.1) is 10.8 Å². The maximum absolute atomic E-state index is 12.6. The molecule has 0 unspecified atom stereocenters. The highest BCUT2D eigenvalue weighted by atomic mass is 16.3. The van der Waals surface area contributed by atoms with Gasteiger partial charge in [-0.05, 0) is 30.9 Å². The van der Waals surface area contributed by atoms with E-state index in [1.54, 1.807) is 13.8 Å². The molecule has 0 saturated heterocycles. The number of ketones is 1. The van der Waals surface area contributed by atoms with E-state index >= 15 is 0 Å². The Morgan fingerprint density at radius 1 is 1.11 bits per heavy atom.